The first kappa shape index (κ1) is 17.3. The van der Waals surface area contributed by atoms with Gasteiger partial charge in [-0.15, -0.1) is 0 Å². The Bertz CT molecular complexity index is 380. The summed E-state index contributed by atoms with van der Waals surface area (Å²) in [5.74, 6) is -1.72. The van der Waals surface area contributed by atoms with Crippen LogP contribution in [0.25, 0.3) is 0 Å². The number of nitrogens with two attached hydrogens (primary N) is 1. The molecule has 0 saturated heterocycles. The Morgan fingerprint density at radius 3 is 2.38 bits per heavy atom. The average molecular weight is 299 g/mol. The van der Waals surface area contributed by atoms with Gasteiger partial charge in [0.1, 0.15) is 6.04 Å². The fourth-order valence-electron chi connectivity index (χ4n) is 2.74. The number of carboxylic acids is 1. The van der Waals surface area contributed by atoms with Crippen LogP contribution in [-0.4, -0.2) is 46.5 Å². The number of primary amides is 1. The van der Waals surface area contributed by atoms with E-state index in [2.05, 4.69) is 5.32 Å². The largest absolute Gasteiger partial charge is 0.480 e. The SMILES string of the molecule is CCN(C(=O)NC(CCC(N)=O)C(=O)O)C1CCCCC1. The van der Waals surface area contributed by atoms with Crippen LogP contribution in [0.1, 0.15) is 51.9 Å². The number of hydrogen-bond donors (Lipinski definition) is 3. The first-order valence-electron chi connectivity index (χ1n) is 7.54. The van der Waals surface area contributed by atoms with E-state index < -0.39 is 17.9 Å². The van der Waals surface area contributed by atoms with E-state index in [-0.39, 0.29) is 24.9 Å². The molecule has 0 aromatic carbocycles. The maximum atomic E-state index is 12.3. The summed E-state index contributed by atoms with van der Waals surface area (Å²) in [6, 6.07) is -1.28. The third-order valence-corrected chi connectivity index (χ3v) is 3.89. The molecule has 0 aromatic rings. The standard InChI is InChI=1S/C14H25N3O4/c1-2-17(10-6-4-3-5-7-10)14(21)16-11(13(19)20)8-9-12(15)18/h10-11H,2-9H2,1H3,(H2,15,18)(H,16,21)(H,19,20). The van der Waals surface area contributed by atoms with Crippen LogP contribution in [0, 0.1) is 0 Å². The van der Waals surface area contributed by atoms with Crippen LogP contribution in [0.15, 0.2) is 0 Å². The second-order valence-corrected chi connectivity index (χ2v) is 5.42. The van der Waals surface area contributed by atoms with Crippen molar-refractivity contribution in [3.63, 3.8) is 0 Å². The van der Waals surface area contributed by atoms with Crippen molar-refractivity contribution in [3.05, 3.63) is 0 Å². The molecule has 1 atom stereocenters. The monoisotopic (exact) mass is 299 g/mol. The Labute approximate surface area is 124 Å². The molecule has 0 spiro atoms. The highest BCUT2D eigenvalue weighted by atomic mass is 16.4. The Morgan fingerprint density at radius 1 is 1.29 bits per heavy atom. The molecule has 4 N–H and O–H groups in total. The van der Waals surface area contributed by atoms with Gasteiger partial charge < -0.3 is 21.1 Å². The van der Waals surface area contributed by atoms with Crippen LogP contribution >= 0.6 is 0 Å². The smallest absolute Gasteiger partial charge is 0.326 e. The first-order valence-corrected chi connectivity index (χ1v) is 7.54. The summed E-state index contributed by atoms with van der Waals surface area (Å²) in [7, 11) is 0. The van der Waals surface area contributed by atoms with Crippen LogP contribution in [0.2, 0.25) is 0 Å². The Kier molecular flexibility index (Phi) is 6.98. The number of carbonyl (C=O) groups is 3. The number of rotatable bonds is 7. The Morgan fingerprint density at radius 2 is 1.90 bits per heavy atom. The summed E-state index contributed by atoms with van der Waals surface area (Å²) in [5.41, 5.74) is 5.02. The molecule has 1 rings (SSSR count). The second-order valence-electron chi connectivity index (χ2n) is 5.42. The zero-order valence-corrected chi connectivity index (χ0v) is 12.5. The third-order valence-electron chi connectivity index (χ3n) is 3.89. The van der Waals surface area contributed by atoms with Gasteiger partial charge in [-0.25, -0.2) is 9.59 Å². The summed E-state index contributed by atoms with van der Waals surface area (Å²) in [6.07, 6.45) is 5.25. The topological polar surface area (TPSA) is 113 Å². The van der Waals surface area contributed by atoms with Crippen molar-refractivity contribution in [1.82, 2.24) is 10.2 Å². The minimum absolute atomic E-state index is 0.0125. The molecular formula is C14H25N3O4. The number of amides is 3. The zero-order chi connectivity index (χ0) is 15.8. The van der Waals surface area contributed by atoms with E-state index in [1.54, 1.807) is 4.90 Å². The molecule has 120 valence electrons. The molecule has 7 nitrogen and oxygen atoms in total. The predicted molar refractivity (Wildman–Crippen MR) is 77.6 cm³/mol. The van der Waals surface area contributed by atoms with E-state index in [1.807, 2.05) is 6.92 Å². The van der Waals surface area contributed by atoms with Crippen LogP contribution in [0.4, 0.5) is 4.79 Å². The van der Waals surface area contributed by atoms with E-state index in [9.17, 15) is 14.4 Å². The van der Waals surface area contributed by atoms with Crippen molar-refractivity contribution >= 4 is 17.9 Å². The fourth-order valence-corrected chi connectivity index (χ4v) is 2.74. The summed E-state index contributed by atoms with van der Waals surface area (Å²) >= 11 is 0. The summed E-state index contributed by atoms with van der Waals surface area (Å²) in [6.45, 7) is 2.42. The number of aliphatic carboxylic acids is 1. The molecule has 1 fully saturated rings. The highest BCUT2D eigenvalue weighted by Crippen LogP contribution is 2.22. The molecule has 0 aromatic heterocycles. The summed E-state index contributed by atoms with van der Waals surface area (Å²) in [4.78, 5) is 35.9. The average Bonchev–Trinajstić information content (AvgIpc) is 2.44. The highest BCUT2D eigenvalue weighted by molar-refractivity contribution is 5.83. The third kappa shape index (κ3) is 5.61. The summed E-state index contributed by atoms with van der Waals surface area (Å²) < 4.78 is 0. The van der Waals surface area contributed by atoms with Crippen molar-refractivity contribution in [2.24, 2.45) is 5.73 Å². The Balaban J connectivity index is 2.60. The van der Waals surface area contributed by atoms with Crippen LogP contribution in [0.5, 0.6) is 0 Å². The normalized spacial score (nSPS) is 17.0. The van der Waals surface area contributed by atoms with Gasteiger partial charge in [-0.1, -0.05) is 19.3 Å². The number of hydrogen-bond acceptors (Lipinski definition) is 3. The lowest BCUT2D eigenvalue weighted by atomic mass is 9.94. The minimum atomic E-state index is -1.15. The number of carboxylic acid groups (broad SMARTS) is 1. The fraction of sp³-hybridized carbons (Fsp3) is 0.786. The number of nitrogens with zero attached hydrogens (tertiary/aromatic N) is 1. The molecule has 0 heterocycles. The van der Waals surface area contributed by atoms with Gasteiger partial charge in [0.15, 0.2) is 0 Å². The lowest BCUT2D eigenvalue weighted by molar-refractivity contribution is -0.139. The van der Waals surface area contributed by atoms with Gasteiger partial charge in [-0.2, -0.15) is 0 Å². The van der Waals surface area contributed by atoms with Crippen LogP contribution < -0.4 is 11.1 Å². The number of nitrogens with one attached hydrogen (secondary N) is 1. The molecule has 0 radical (unpaired) electrons. The molecule has 7 heteroatoms. The lowest BCUT2D eigenvalue weighted by Gasteiger charge is -2.34. The maximum absolute atomic E-state index is 12.3. The lowest BCUT2D eigenvalue weighted by Crippen LogP contribution is -2.51. The molecule has 0 aliphatic heterocycles. The van der Waals surface area contributed by atoms with Crippen molar-refractivity contribution in [2.45, 2.75) is 64.0 Å². The van der Waals surface area contributed by atoms with Crippen LogP contribution in [0.3, 0.4) is 0 Å². The molecule has 1 aliphatic rings. The maximum Gasteiger partial charge on any atom is 0.326 e. The van der Waals surface area contributed by atoms with E-state index in [1.165, 1.54) is 6.42 Å². The molecular weight excluding hydrogens is 274 g/mol. The van der Waals surface area contributed by atoms with Crippen molar-refractivity contribution in [2.75, 3.05) is 6.54 Å². The van der Waals surface area contributed by atoms with Crippen LogP contribution in [-0.2, 0) is 9.59 Å². The quantitative estimate of drug-likeness (QED) is 0.652. The van der Waals surface area contributed by atoms with E-state index in [0.29, 0.717) is 6.54 Å². The number of urea groups is 1. The molecule has 1 unspecified atom stereocenters. The van der Waals surface area contributed by atoms with Crippen molar-refractivity contribution in [3.8, 4) is 0 Å². The molecule has 1 saturated carbocycles. The van der Waals surface area contributed by atoms with Crippen molar-refractivity contribution < 1.29 is 19.5 Å². The van der Waals surface area contributed by atoms with E-state index in [4.69, 9.17) is 10.8 Å². The van der Waals surface area contributed by atoms with Gasteiger partial charge in [0.05, 0.1) is 0 Å². The van der Waals surface area contributed by atoms with Gasteiger partial charge in [0.25, 0.3) is 0 Å². The van der Waals surface area contributed by atoms with Gasteiger partial charge >= 0.3 is 12.0 Å². The summed E-state index contributed by atoms with van der Waals surface area (Å²) in [5, 5.41) is 11.6. The Hall–Kier alpha value is -1.79. The molecule has 3 amide bonds. The van der Waals surface area contributed by atoms with E-state index >= 15 is 0 Å². The van der Waals surface area contributed by atoms with Gasteiger partial charge in [0.2, 0.25) is 5.91 Å². The first-order chi connectivity index (χ1) is 9.95. The highest BCUT2D eigenvalue weighted by Gasteiger charge is 2.27. The van der Waals surface area contributed by atoms with Crippen molar-refractivity contribution in [1.29, 1.82) is 0 Å². The zero-order valence-electron chi connectivity index (χ0n) is 12.5. The van der Waals surface area contributed by atoms with E-state index in [0.717, 1.165) is 25.7 Å². The number of carbonyl (C=O) groups excluding carboxylic acids is 2. The predicted octanol–water partition coefficient (Wildman–Crippen LogP) is 1.07. The van der Waals surface area contributed by atoms with Gasteiger partial charge in [-0.05, 0) is 26.2 Å². The molecule has 0 bridgehead atoms. The molecule has 21 heavy (non-hydrogen) atoms. The minimum Gasteiger partial charge on any atom is -0.480 e. The van der Waals surface area contributed by atoms with Gasteiger partial charge in [-0.3, -0.25) is 4.79 Å². The molecule has 1 aliphatic carbocycles. The second kappa shape index (κ2) is 8.49. The van der Waals surface area contributed by atoms with Gasteiger partial charge in [0, 0.05) is 19.0 Å².